The van der Waals surface area contributed by atoms with E-state index in [2.05, 4.69) is 0 Å². The number of aryl methyl sites for hydroxylation is 2. The molecular weight excluding hydrogens is 280 g/mol. The Kier molecular flexibility index (Phi) is 5.74. The lowest BCUT2D eigenvalue weighted by Gasteiger charge is -2.08. The number of nitrogens with two attached hydrogens (primary N) is 4. The molecular formula is C16H24N4O2. The molecule has 0 heterocycles. The molecule has 0 amide bonds. The zero-order valence-electron chi connectivity index (χ0n) is 13.4. The van der Waals surface area contributed by atoms with Crippen LogP contribution in [0.2, 0.25) is 0 Å². The van der Waals surface area contributed by atoms with Gasteiger partial charge in [-0.15, -0.1) is 0 Å². The number of hydrogen-bond donors (Lipinski definition) is 4. The van der Waals surface area contributed by atoms with Gasteiger partial charge in [0.2, 0.25) is 0 Å². The van der Waals surface area contributed by atoms with E-state index in [9.17, 15) is 0 Å². The molecule has 0 spiro atoms. The molecule has 0 aliphatic heterocycles. The van der Waals surface area contributed by atoms with E-state index >= 15 is 0 Å². The van der Waals surface area contributed by atoms with Crippen molar-refractivity contribution in [2.45, 2.75) is 13.8 Å². The molecule has 0 aliphatic carbocycles. The monoisotopic (exact) mass is 304 g/mol. The van der Waals surface area contributed by atoms with E-state index < -0.39 is 0 Å². The zero-order chi connectivity index (χ0) is 16.9. The van der Waals surface area contributed by atoms with E-state index in [1.807, 2.05) is 26.0 Å². The minimum atomic E-state index is 0.521. The maximum atomic E-state index is 5.65. The summed E-state index contributed by atoms with van der Waals surface area (Å²) >= 11 is 0. The topological polar surface area (TPSA) is 123 Å². The third-order valence-electron chi connectivity index (χ3n) is 3.37. The number of anilines is 4. The third-order valence-corrected chi connectivity index (χ3v) is 3.37. The third kappa shape index (κ3) is 3.66. The van der Waals surface area contributed by atoms with E-state index in [1.54, 1.807) is 26.4 Å². The average molecular weight is 304 g/mol. The van der Waals surface area contributed by atoms with Crippen LogP contribution in [0, 0.1) is 13.8 Å². The minimum absolute atomic E-state index is 0.521. The van der Waals surface area contributed by atoms with Crippen LogP contribution in [0.5, 0.6) is 11.5 Å². The van der Waals surface area contributed by atoms with Crippen molar-refractivity contribution in [1.29, 1.82) is 0 Å². The quantitative estimate of drug-likeness (QED) is 0.631. The van der Waals surface area contributed by atoms with Crippen LogP contribution in [0.3, 0.4) is 0 Å². The number of rotatable bonds is 2. The maximum Gasteiger partial charge on any atom is 0.143 e. The summed E-state index contributed by atoms with van der Waals surface area (Å²) in [6.45, 7) is 3.82. The van der Waals surface area contributed by atoms with Crippen molar-refractivity contribution in [2.24, 2.45) is 0 Å². The Hall–Kier alpha value is -2.76. The van der Waals surface area contributed by atoms with Crippen molar-refractivity contribution in [1.82, 2.24) is 0 Å². The van der Waals surface area contributed by atoms with Crippen molar-refractivity contribution >= 4 is 22.7 Å². The van der Waals surface area contributed by atoms with Gasteiger partial charge in [0, 0.05) is 0 Å². The summed E-state index contributed by atoms with van der Waals surface area (Å²) in [5.41, 5.74) is 26.8. The molecule has 2 rings (SSSR count). The SMILES string of the molecule is COc1ccc(C)c(N)c1N.COc1ccc(C)c(N)c1N. The zero-order valence-corrected chi connectivity index (χ0v) is 13.4. The number of nitrogen functional groups attached to an aromatic ring is 4. The molecule has 0 aliphatic rings. The highest BCUT2D eigenvalue weighted by molar-refractivity contribution is 5.74. The summed E-state index contributed by atoms with van der Waals surface area (Å²) in [4.78, 5) is 0. The molecule has 0 unspecified atom stereocenters. The Bertz CT molecular complexity index is 600. The molecule has 0 fully saturated rings. The van der Waals surface area contributed by atoms with Gasteiger partial charge in [-0.2, -0.15) is 0 Å². The summed E-state index contributed by atoms with van der Waals surface area (Å²) in [6.07, 6.45) is 0. The molecule has 0 radical (unpaired) electrons. The maximum absolute atomic E-state index is 5.65. The first kappa shape index (κ1) is 17.3. The minimum Gasteiger partial charge on any atom is -0.495 e. The highest BCUT2D eigenvalue weighted by atomic mass is 16.5. The summed E-state index contributed by atoms with van der Waals surface area (Å²) in [5.74, 6) is 1.27. The van der Waals surface area contributed by atoms with Crippen LogP contribution in [0.25, 0.3) is 0 Å². The van der Waals surface area contributed by atoms with Crippen molar-refractivity contribution in [3.63, 3.8) is 0 Å². The molecule has 0 saturated heterocycles. The van der Waals surface area contributed by atoms with Gasteiger partial charge in [-0.1, -0.05) is 12.1 Å². The fourth-order valence-electron chi connectivity index (χ4n) is 1.81. The van der Waals surface area contributed by atoms with Gasteiger partial charge in [-0.25, -0.2) is 0 Å². The Morgan fingerprint density at radius 2 is 0.909 bits per heavy atom. The van der Waals surface area contributed by atoms with Gasteiger partial charge in [-0.3, -0.25) is 0 Å². The van der Waals surface area contributed by atoms with Crippen LogP contribution < -0.4 is 32.4 Å². The lowest BCUT2D eigenvalue weighted by Crippen LogP contribution is -1.99. The Labute approximate surface area is 131 Å². The molecule has 0 saturated carbocycles. The van der Waals surface area contributed by atoms with Gasteiger partial charge in [0.15, 0.2) is 0 Å². The standard InChI is InChI=1S/2C8H12N2O/c2*1-5-3-4-6(11-2)8(10)7(5)9/h2*3-4H,9-10H2,1-2H3. The van der Waals surface area contributed by atoms with Crippen molar-refractivity contribution < 1.29 is 9.47 Å². The normalized spacial score (nSPS) is 9.64. The highest BCUT2D eigenvalue weighted by Gasteiger charge is 2.04. The van der Waals surface area contributed by atoms with Crippen LogP contribution in [0.4, 0.5) is 22.7 Å². The summed E-state index contributed by atoms with van der Waals surface area (Å²) in [6, 6.07) is 7.37. The lowest BCUT2D eigenvalue weighted by atomic mass is 10.1. The predicted octanol–water partition coefficient (Wildman–Crippen LogP) is 2.34. The molecule has 0 atom stereocenters. The van der Waals surface area contributed by atoms with Crippen molar-refractivity contribution in [3.8, 4) is 11.5 Å². The van der Waals surface area contributed by atoms with E-state index in [0.29, 0.717) is 34.2 Å². The number of benzene rings is 2. The van der Waals surface area contributed by atoms with Gasteiger partial charge in [0.25, 0.3) is 0 Å². The second-order valence-electron chi connectivity index (χ2n) is 4.82. The predicted molar refractivity (Wildman–Crippen MR) is 93.1 cm³/mol. The van der Waals surface area contributed by atoms with Crippen LogP contribution in [0.15, 0.2) is 24.3 Å². The van der Waals surface area contributed by atoms with Gasteiger partial charge in [-0.05, 0) is 37.1 Å². The van der Waals surface area contributed by atoms with Crippen LogP contribution in [-0.4, -0.2) is 14.2 Å². The Morgan fingerprint density at radius 1 is 0.591 bits per heavy atom. The largest absolute Gasteiger partial charge is 0.495 e. The van der Waals surface area contributed by atoms with Crippen molar-refractivity contribution in [2.75, 3.05) is 37.2 Å². The second kappa shape index (κ2) is 7.31. The van der Waals surface area contributed by atoms with Gasteiger partial charge < -0.3 is 32.4 Å². The Balaban J connectivity index is 0.000000220. The molecule has 8 N–H and O–H groups in total. The molecule has 2 aromatic rings. The van der Waals surface area contributed by atoms with E-state index in [-0.39, 0.29) is 0 Å². The fourth-order valence-corrected chi connectivity index (χ4v) is 1.81. The first-order valence-corrected chi connectivity index (χ1v) is 6.70. The summed E-state index contributed by atoms with van der Waals surface area (Å²) in [7, 11) is 3.14. The molecule has 6 nitrogen and oxygen atoms in total. The number of hydrogen-bond acceptors (Lipinski definition) is 6. The van der Waals surface area contributed by atoms with Crippen LogP contribution in [-0.2, 0) is 0 Å². The molecule has 2 aromatic carbocycles. The van der Waals surface area contributed by atoms with E-state index in [4.69, 9.17) is 32.4 Å². The molecule has 0 aromatic heterocycles. The molecule has 0 bridgehead atoms. The van der Waals surface area contributed by atoms with Gasteiger partial charge in [0.05, 0.1) is 37.0 Å². The molecule has 120 valence electrons. The van der Waals surface area contributed by atoms with E-state index in [0.717, 1.165) is 11.1 Å². The lowest BCUT2D eigenvalue weighted by molar-refractivity contribution is 0.417. The summed E-state index contributed by atoms with van der Waals surface area (Å²) < 4.78 is 9.95. The van der Waals surface area contributed by atoms with Crippen molar-refractivity contribution in [3.05, 3.63) is 35.4 Å². The Morgan fingerprint density at radius 3 is 1.18 bits per heavy atom. The average Bonchev–Trinajstić information content (AvgIpc) is 2.51. The second-order valence-corrected chi connectivity index (χ2v) is 4.82. The highest BCUT2D eigenvalue weighted by Crippen LogP contribution is 2.30. The smallest absolute Gasteiger partial charge is 0.143 e. The molecule has 22 heavy (non-hydrogen) atoms. The van der Waals surface area contributed by atoms with Crippen LogP contribution >= 0.6 is 0 Å². The van der Waals surface area contributed by atoms with Gasteiger partial charge >= 0.3 is 0 Å². The number of ether oxygens (including phenoxy) is 2. The van der Waals surface area contributed by atoms with Gasteiger partial charge in [0.1, 0.15) is 11.5 Å². The first-order chi connectivity index (χ1) is 10.3. The fraction of sp³-hybridized carbons (Fsp3) is 0.250. The van der Waals surface area contributed by atoms with E-state index in [1.165, 1.54) is 0 Å². The molecule has 6 heteroatoms. The van der Waals surface area contributed by atoms with Crippen LogP contribution in [0.1, 0.15) is 11.1 Å². The first-order valence-electron chi connectivity index (χ1n) is 6.70. The summed E-state index contributed by atoms with van der Waals surface area (Å²) in [5, 5.41) is 0. The number of methoxy groups -OCH3 is 2.